The van der Waals surface area contributed by atoms with Crippen LogP contribution in [0.2, 0.25) is 0 Å². The van der Waals surface area contributed by atoms with Crippen molar-refractivity contribution in [3.63, 3.8) is 0 Å². The molecule has 0 spiro atoms. The van der Waals surface area contributed by atoms with Gasteiger partial charge < -0.3 is 15.2 Å². The van der Waals surface area contributed by atoms with Crippen molar-refractivity contribution in [3.8, 4) is 5.75 Å². The van der Waals surface area contributed by atoms with Gasteiger partial charge in [0, 0.05) is 13.0 Å². The molecule has 0 saturated heterocycles. The van der Waals surface area contributed by atoms with Crippen molar-refractivity contribution in [1.29, 1.82) is 0 Å². The van der Waals surface area contributed by atoms with Gasteiger partial charge >= 0.3 is 0 Å². The first-order chi connectivity index (χ1) is 7.76. The molecule has 0 heterocycles. The third kappa shape index (κ3) is 4.64. The van der Waals surface area contributed by atoms with Crippen LogP contribution in [0.15, 0.2) is 24.3 Å². The predicted molar refractivity (Wildman–Crippen MR) is 65.7 cm³/mol. The van der Waals surface area contributed by atoms with E-state index in [1.807, 2.05) is 12.1 Å². The highest BCUT2D eigenvalue weighted by Gasteiger charge is 2.00. The highest BCUT2D eigenvalue weighted by molar-refractivity contribution is 5.27. The molecular formula is C13H21NO2. The summed E-state index contributed by atoms with van der Waals surface area (Å²) in [6, 6.07) is 8.13. The van der Waals surface area contributed by atoms with E-state index in [1.165, 1.54) is 5.56 Å². The zero-order chi connectivity index (χ0) is 11.8. The number of methoxy groups -OCH3 is 1. The summed E-state index contributed by atoms with van der Waals surface area (Å²) in [5.74, 6) is 1.30. The summed E-state index contributed by atoms with van der Waals surface area (Å²) in [4.78, 5) is 0. The van der Waals surface area contributed by atoms with Gasteiger partial charge in [0.15, 0.2) is 0 Å². The van der Waals surface area contributed by atoms with Crippen molar-refractivity contribution in [2.24, 2.45) is 11.7 Å². The first kappa shape index (κ1) is 13.0. The minimum Gasteiger partial charge on any atom is -0.493 e. The molecule has 0 amide bonds. The van der Waals surface area contributed by atoms with Crippen molar-refractivity contribution in [2.75, 3.05) is 26.9 Å². The highest BCUT2D eigenvalue weighted by Crippen LogP contribution is 2.13. The molecule has 1 rings (SSSR count). The number of nitrogens with two attached hydrogens (primary N) is 1. The Kier molecular flexibility index (Phi) is 5.90. The van der Waals surface area contributed by atoms with Gasteiger partial charge in [-0.15, -0.1) is 0 Å². The van der Waals surface area contributed by atoms with Crippen LogP contribution in [0.1, 0.15) is 12.5 Å². The fraction of sp³-hybridized carbons (Fsp3) is 0.538. The Morgan fingerprint density at radius 3 is 2.50 bits per heavy atom. The first-order valence-corrected chi connectivity index (χ1v) is 5.67. The predicted octanol–water partition coefficient (Wildman–Crippen LogP) is 1.85. The molecule has 1 aromatic rings. The SMILES string of the molecule is COCCc1ccc(OCC(C)CN)cc1. The van der Waals surface area contributed by atoms with Crippen LogP contribution in [0.25, 0.3) is 0 Å². The maximum Gasteiger partial charge on any atom is 0.119 e. The molecule has 0 bridgehead atoms. The first-order valence-electron chi connectivity index (χ1n) is 5.67. The number of benzene rings is 1. The van der Waals surface area contributed by atoms with Crippen LogP contribution in [0.4, 0.5) is 0 Å². The van der Waals surface area contributed by atoms with Crippen LogP contribution in [-0.2, 0) is 11.2 Å². The number of rotatable bonds is 7. The second-order valence-electron chi connectivity index (χ2n) is 4.04. The second kappa shape index (κ2) is 7.25. The number of hydrogen-bond acceptors (Lipinski definition) is 3. The lowest BCUT2D eigenvalue weighted by molar-refractivity contribution is 0.202. The van der Waals surface area contributed by atoms with Crippen molar-refractivity contribution in [3.05, 3.63) is 29.8 Å². The monoisotopic (exact) mass is 223 g/mol. The van der Waals surface area contributed by atoms with Crippen molar-refractivity contribution in [1.82, 2.24) is 0 Å². The van der Waals surface area contributed by atoms with Crippen molar-refractivity contribution < 1.29 is 9.47 Å². The fourth-order valence-corrected chi connectivity index (χ4v) is 1.28. The molecular weight excluding hydrogens is 202 g/mol. The largest absolute Gasteiger partial charge is 0.493 e. The minimum absolute atomic E-state index is 0.396. The molecule has 0 saturated carbocycles. The van der Waals surface area contributed by atoms with Gasteiger partial charge in [-0.2, -0.15) is 0 Å². The molecule has 1 unspecified atom stereocenters. The van der Waals surface area contributed by atoms with Gasteiger partial charge in [0.1, 0.15) is 5.75 Å². The summed E-state index contributed by atoms with van der Waals surface area (Å²) >= 11 is 0. The third-order valence-corrected chi connectivity index (χ3v) is 2.46. The van der Waals surface area contributed by atoms with Gasteiger partial charge in [-0.05, 0) is 30.7 Å². The van der Waals surface area contributed by atoms with Gasteiger partial charge in [-0.1, -0.05) is 19.1 Å². The van der Waals surface area contributed by atoms with Gasteiger partial charge in [0.2, 0.25) is 0 Å². The van der Waals surface area contributed by atoms with E-state index in [1.54, 1.807) is 7.11 Å². The van der Waals surface area contributed by atoms with Crippen LogP contribution in [0.3, 0.4) is 0 Å². The molecule has 90 valence electrons. The summed E-state index contributed by atoms with van der Waals surface area (Å²) in [6.07, 6.45) is 0.940. The summed E-state index contributed by atoms with van der Waals surface area (Å²) in [5, 5.41) is 0. The van der Waals surface area contributed by atoms with Gasteiger partial charge in [-0.3, -0.25) is 0 Å². The van der Waals surface area contributed by atoms with Crippen molar-refractivity contribution >= 4 is 0 Å². The average Bonchev–Trinajstić information content (AvgIpc) is 2.34. The molecule has 0 aliphatic heterocycles. The van der Waals surface area contributed by atoms with Gasteiger partial charge in [0.05, 0.1) is 13.2 Å². The van der Waals surface area contributed by atoms with Crippen LogP contribution in [0.5, 0.6) is 5.75 Å². The summed E-state index contributed by atoms with van der Waals surface area (Å²) in [6.45, 7) is 4.16. The lowest BCUT2D eigenvalue weighted by Gasteiger charge is -2.11. The maximum absolute atomic E-state index is 5.61. The van der Waals surface area contributed by atoms with Crippen LogP contribution in [-0.4, -0.2) is 26.9 Å². The van der Waals surface area contributed by atoms with E-state index in [0.29, 0.717) is 19.1 Å². The molecule has 0 aliphatic carbocycles. The lowest BCUT2D eigenvalue weighted by atomic mass is 10.1. The van der Waals surface area contributed by atoms with E-state index < -0.39 is 0 Å². The molecule has 1 aromatic carbocycles. The second-order valence-corrected chi connectivity index (χ2v) is 4.04. The molecule has 0 radical (unpaired) electrons. The Balaban J connectivity index is 2.38. The zero-order valence-corrected chi connectivity index (χ0v) is 10.1. The lowest BCUT2D eigenvalue weighted by Crippen LogP contribution is -2.18. The Morgan fingerprint density at radius 1 is 1.25 bits per heavy atom. The Bertz CT molecular complexity index is 284. The quantitative estimate of drug-likeness (QED) is 0.767. The molecule has 3 nitrogen and oxygen atoms in total. The molecule has 3 heteroatoms. The summed E-state index contributed by atoms with van der Waals surface area (Å²) in [5.41, 5.74) is 6.79. The topological polar surface area (TPSA) is 44.5 Å². The van der Waals surface area contributed by atoms with Crippen LogP contribution in [0, 0.1) is 5.92 Å². The summed E-state index contributed by atoms with van der Waals surface area (Å²) < 4.78 is 10.6. The molecule has 16 heavy (non-hydrogen) atoms. The van der Waals surface area contributed by atoms with E-state index >= 15 is 0 Å². The van der Waals surface area contributed by atoms with E-state index in [2.05, 4.69) is 19.1 Å². The van der Waals surface area contributed by atoms with Gasteiger partial charge in [-0.25, -0.2) is 0 Å². The Hall–Kier alpha value is -1.06. The summed E-state index contributed by atoms with van der Waals surface area (Å²) in [7, 11) is 1.71. The molecule has 1 atom stereocenters. The van der Waals surface area contributed by atoms with Crippen LogP contribution < -0.4 is 10.5 Å². The fourth-order valence-electron chi connectivity index (χ4n) is 1.28. The normalized spacial score (nSPS) is 12.4. The number of hydrogen-bond donors (Lipinski definition) is 1. The third-order valence-electron chi connectivity index (χ3n) is 2.46. The minimum atomic E-state index is 0.396. The van der Waals surface area contributed by atoms with E-state index in [-0.39, 0.29) is 0 Å². The highest BCUT2D eigenvalue weighted by atomic mass is 16.5. The van der Waals surface area contributed by atoms with E-state index in [9.17, 15) is 0 Å². The standard InChI is InChI=1S/C13H21NO2/c1-11(9-14)10-16-13-5-3-12(4-6-13)7-8-15-2/h3-6,11H,7-10,14H2,1-2H3. The molecule has 0 aliphatic rings. The van der Waals surface area contributed by atoms with Gasteiger partial charge in [0.25, 0.3) is 0 Å². The Morgan fingerprint density at radius 2 is 1.94 bits per heavy atom. The molecule has 0 fully saturated rings. The van der Waals surface area contributed by atoms with Crippen LogP contribution >= 0.6 is 0 Å². The van der Waals surface area contributed by atoms with E-state index in [4.69, 9.17) is 15.2 Å². The molecule has 2 N–H and O–H groups in total. The smallest absolute Gasteiger partial charge is 0.119 e. The molecule has 0 aromatic heterocycles. The Labute approximate surface area is 97.6 Å². The van der Waals surface area contributed by atoms with E-state index in [0.717, 1.165) is 18.8 Å². The average molecular weight is 223 g/mol. The van der Waals surface area contributed by atoms with Crippen molar-refractivity contribution in [2.45, 2.75) is 13.3 Å². The maximum atomic E-state index is 5.61. The zero-order valence-electron chi connectivity index (χ0n) is 10.1. The number of ether oxygens (including phenoxy) is 2.